The third-order valence-electron chi connectivity index (χ3n) is 4.99. The smallest absolute Gasteiger partial charge is 0.307 e. The molecule has 2 amide bonds. The molecule has 0 spiro atoms. The van der Waals surface area contributed by atoms with E-state index in [2.05, 4.69) is 20.6 Å². The number of rotatable bonds is 2. The molecule has 1 aliphatic carbocycles. The summed E-state index contributed by atoms with van der Waals surface area (Å²) < 4.78 is 0. The van der Waals surface area contributed by atoms with Crippen molar-refractivity contribution in [1.29, 1.82) is 0 Å². The monoisotopic (exact) mass is 364 g/mol. The number of guanidine groups is 1. The minimum Gasteiger partial charge on any atom is -0.307 e. The summed E-state index contributed by atoms with van der Waals surface area (Å²) >= 11 is 0. The molecule has 4 rings (SSSR count). The maximum Gasteiger partial charge on any atom is 0.328 e. The topological polar surface area (TPSA) is 82.5 Å². The van der Waals surface area contributed by atoms with Crippen molar-refractivity contribution < 1.29 is 4.79 Å². The lowest BCUT2D eigenvalue weighted by molar-refractivity contribution is 0.209. The zero-order chi connectivity index (χ0) is 18.8. The normalized spacial score (nSPS) is 21.4. The maximum atomic E-state index is 13.1. The first-order chi connectivity index (χ1) is 13.1. The molecule has 1 aromatic carbocycles. The van der Waals surface area contributed by atoms with Crippen molar-refractivity contribution in [2.45, 2.75) is 51.6 Å². The Morgan fingerprint density at radius 2 is 1.78 bits per heavy atom. The molecule has 2 aliphatic rings. The number of aliphatic imine (C=N–C) groups is 1. The number of nitrogens with one attached hydrogen (secondary N) is 2. The number of amides is 2. The molecule has 0 radical (unpaired) electrons. The van der Waals surface area contributed by atoms with Crippen molar-refractivity contribution in [3.8, 4) is 0 Å². The molecule has 1 saturated carbocycles. The molecule has 7 heteroatoms. The second kappa shape index (κ2) is 7.34. The van der Waals surface area contributed by atoms with Crippen LogP contribution in [0.5, 0.6) is 0 Å². The van der Waals surface area contributed by atoms with Gasteiger partial charge in [0.2, 0.25) is 11.9 Å². The fourth-order valence-electron chi connectivity index (χ4n) is 3.85. The Balaban J connectivity index is 1.59. The van der Waals surface area contributed by atoms with Crippen LogP contribution >= 0.6 is 0 Å². The number of carbonyl (C=O) groups is 1. The van der Waals surface area contributed by atoms with E-state index in [1.807, 2.05) is 50.2 Å². The van der Waals surface area contributed by atoms with E-state index in [4.69, 9.17) is 4.99 Å². The summed E-state index contributed by atoms with van der Waals surface area (Å²) in [5, 5.41) is 6.17. The molecule has 7 nitrogen and oxygen atoms in total. The van der Waals surface area contributed by atoms with E-state index in [1.165, 1.54) is 0 Å². The summed E-state index contributed by atoms with van der Waals surface area (Å²) in [6.45, 7) is 3.85. The first-order valence-electron chi connectivity index (χ1n) is 9.42. The Hall–Kier alpha value is -2.96. The van der Waals surface area contributed by atoms with Crippen LogP contribution in [0.1, 0.15) is 37.1 Å². The minimum atomic E-state index is -0.175. The van der Waals surface area contributed by atoms with Crippen LogP contribution in [-0.4, -0.2) is 38.9 Å². The van der Waals surface area contributed by atoms with Crippen LogP contribution in [0.15, 0.2) is 41.4 Å². The lowest BCUT2D eigenvalue weighted by Crippen LogP contribution is -2.49. The van der Waals surface area contributed by atoms with Gasteiger partial charge in [-0.2, -0.15) is 0 Å². The number of anilines is 2. The summed E-state index contributed by atoms with van der Waals surface area (Å²) in [5.74, 6) is 1.01. The van der Waals surface area contributed by atoms with Gasteiger partial charge in [0.05, 0.1) is 12.1 Å². The fourth-order valence-corrected chi connectivity index (χ4v) is 3.85. The van der Waals surface area contributed by atoms with E-state index < -0.39 is 0 Å². The van der Waals surface area contributed by atoms with Gasteiger partial charge >= 0.3 is 6.03 Å². The number of para-hydroxylation sites is 1. The molecule has 2 heterocycles. The number of aryl methyl sites for hydroxylation is 2. The van der Waals surface area contributed by atoms with E-state index >= 15 is 0 Å². The average molecular weight is 364 g/mol. The third-order valence-corrected chi connectivity index (χ3v) is 4.99. The molecular weight excluding hydrogens is 340 g/mol. The zero-order valence-corrected chi connectivity index (χ0v) is 15.6. The first kappa shape index (κ1) is 17.5. The molecule has 27 heavy (non-hydrogen) atoms. The number of fused-ring (bicyclic) bond motifs is 1. The van der Waals surface area contributed by atoms with Crippen LogP contribution in [0.4, 0.5) is 16.4 Å². The Morgan fingerprint density at radius 1 is 1.07 bits per heavy atom. The summed E-state index contributed by atoms with van der Waals surface area (Å²) in [5.41, 5.74) is 2.52. The van der Waals surface area contributed by atoms with Crippen LogP contribution in [0, 0.1) is 13.8 Å². The quantitative estimate of drug-likeness (QED) is 0.851. The molecule has 0 saturated heterocycles. The van der Waals surface area contributed by atoms with Gasteiger partial charge in [-0.25, -0.2) is 19.8 Å². The summed E-state index contributed by atoms with van der Waals surface area (Å²) in [6, 6.07) is 11.4. The van der Waals surface area contributed by atoms with Crippen LogP contribution in [-0.2, 0) is 0 Å². The molecule has 2 aromatic rings. The van der Waals surface area contributed by atoms with Crippen LogP contribution in [0.3, 0.4) is 0 Å². The molecular formula is C20H24N6O. The molecule has 1 aliphatic heterocycles. The van der Waals surface area contributed by atoms with Crippen LogP contribution < -0.4 is 10.6 Å². The highest BCUT2D eigenvalue weighted by molar-refractivity contribution is 6.08. The van der Waals surface area contributed by atoms with Gasteiger partial charge in [-0.1, -0.05) is 31.0 Å². The Labute approximate surface area is 158 Å². The summed E-state index contributed by atoms with van der Waals surface area (Å²) in [4.78, 5) is 28.5. The molecule has 2 unspecified atom stereocenters. The SMILES string of the molecule is Cc1cc(C)nc(NC2=NC3CCCCC3N2C(=O)Nc2ccccc2)n1. The first-order valence-corrected chi connectivity index (χ1v) is 9.42. The number of nitrogens with zero attached hydrogens (tertiary/aromatic N) is 4. The predicted molar refractivity (Wildman–Crippen MR) is 106 cm³/mol. The van der Waals surface area contributed by atoms with E-state index in [-0.39, 0.29) is 18.1 Å². The lowest BCUT2D eigenvalue weighted by atomic mass is 9.91. The van der Waals surface area contributed by atoms with Gasteiger partial charge in [0, 0.05) is 17.1 Å². The number of hydrogen-bond acceptors (Lipinski definition) is 5. The average Bonchev–Trinajstić information content (AvgIpc) is 2.99. The van der Waals surface area contributed by atoms with Crippen molar-refractivity contribution in [3.05, 3.63) is 47.8 Å². The van der Waals surface area contributed by atoms with Gasteiger partial charge in [0.1, 0.15) is 0 Å². The van der Waals surface area contributed by atoms with Crippen molar-refractivity contribution in [2.75, 3.05) is 10.6 Å². The zero-order valence-electron chi connectivity index (χ0n) is 15.6. The van der Waals surface area contributed by atoms with Crippen LogP contribution in [0.2, 0.25) is 0 Å². The third kappa shape index (κ3) is 3.77. The maximum absolute atomic E-state index is 13.1. The predicted octanol–water partition coefficient (Wildman–Crippen LogP) is 3.72. The van der Waals surface area contributed by atoms with Gasteiger partial charge in [0.25, 0.3) is 0 Å². The van der Waals surface area contributed by atoms with Crippen molar-refractivity contribution in [3.63, 3.8) is 0 Å². The van der Waals surface area contributed by atoms with E-state index in [9.17, 15) is 4.79 Å². The van der Waals surface area contributed by atoms with E-state index in [0.717, 1.165) is 42.8 Å². The van der Waals surface area contributed by atoms with Crippen molar-refractivity contribution in [1.82, 2.24) is 14.9 Å². The second-order valence-electron chi connectivity index (χ2n) is 7.14. The Bertz CT molecular complexity index is 846. The molecule has 1 aromatic heterocycles. The minimum absolute atomic E-state index is 0.0795. The number of carbonyl (C=O) groups excluding carboxylic acids is 1. The van der Waals surface area contributed by atoms with E-state index in [1.54, 1.807) is 4.90 Å². The Morgan fingerprint density at radius 3 is 2.52 bits per heavy atom. The van der Waals surface area contributed by atoms with Crippen molar-refractivity contribution in [2.24, 2.45) is 4.99 Å². The Kier molecular flexibility index (Phi) is 4.75. The summed E-state index contributed by atoms with van der Waals surface area (Å²) in [7, 11) is 0. The number of hydrogen-bond donors (Lipinski definition) is 2. The molecule has 0 bridgehead atoms. The molecule has 140 valence electrons. The number of aromatic nitrogens is 2. The molecule has 2 atom stereocenters. The highest BCUT2D eigenvalue weighted by atomic mass is 16.2. The molecule has 1 fully saturated rings. The van der Waals surface area contributed by atoms with Crippen LogP contribution in [0.25, 0.3) is 0 Å². The largest absolute Gasteiger partial charge is 0.328 e. The van der Waals surface area contributed by atoms with Gasteiger partial charge in [-0.15, -0.1) is 0 Å². The number of benzene rings is 1. The second-order valence-corrected chi connectivity index (χ2v) is 7.14. The fraction of sp³-hybridized carbons (Fsp3) is 0.400. The highest BCUT2D eigenvalue weighted by Gasteiger charge is 2.41. The van der Waals surface area contributed by atoms with Crippen molar-refractivity contribution >= 4 is 23.6 Å². The number of urea groups is 1. The van der Waals surface area contributed by atoms with E-state index in [0.29, 0.717) is 11.9 Å². The summed E-state index contributed by atoms with van der Waals surface area (Å²) in [6.07, 6.45) is 4.21. The highest BCUT2D eigenvalue weighted by Crippen LogP contribution is 2.31. The van der Waals surface area contributed by atoms with Gasteiger partial charge in [-0.05, 0) is 44.9 Å². The lowest BCUT2D eigenvalue weighted by Gasteiger charge is -2.31. The standard InChI is InChI=1S/C20H24N6O/c1-13-12-14(2)22-18(21-13)25-19-24-16-10-6-7-11-17(16)26(19)20(27)23-15-8-4-3-5-9-15/h3-5,8-9,12,16-17H,6-7,10-11H2,1-2H3,(H,23,27)(H,21,22,24,25). The van der Waals surface area contributed by atoms with Gasteiger partial charge in [0.15, 0.2) is 0 Å². The van der Waals surface area contributed by atoms with Gasteiger partial charge < -0.3 is 5.32 Å². The van der Waals surface area contributed by atoms with Gasteiger partial charge in [-0.3, -0.25) is 10.2 Å². The molecule has 2 N–H and O–H groups in total.